The number of carbonyl (C=O) groups excluding carboxylic acids is 4. The predicted octanol–water partition coefficient (Wildman–Crippen LogP) is 4.42. The number of phenols is 1. The number of anilines is 1. The number of nitrogen functional groups attached to an aromatic ring is 1. The van der Waals surface area contributed by atoms with Crippen LogP contribution in [0, 0.1) is 5.41 Å². The molecule has 2 fully saturated rings. The van der Waals surface area contributed by atoms with Crippen molar-refractivity contribution in [3.8, 4) is 11.5 Å². The number of amidine groups is 1. The molecule has 0 spiro atoms. The molecule has 13 nitrogen and oxygen atoms in total. The minimum atomic E-state index is -0.554. The Kier molecular flexibility index (Phi) is 15.7. The lowest BCUT2D eigenvalue weighted by atomic mass is 10.0. The van der Waals surface area contributed by atoms with E-state index in [9.17, 15) is 24.3 Å². The van der Waals surface area contributed by atoms with Crippen LogP contribution in [0.4, 0.5) is 10.5 Å². The normalized spacial score (nSPS) is 17.8. The Hall–Kier alpha value is -4.72. The molecule has 2 aliphatic rings. The summed E-state index contributed by atoms with van der Waals surface area (Å²) in [5.41, 5.74) is 7.81. The Labute approximate surface area is 310 Å². The molecule has 282 valence electrons. The first-order chi connectivity index (χ1) is 25.1. The van der Waals surface area contributed by atoms with E-state index >= 15 is 0 Å². The number of urea groups is 1. The highest BCUT2D eigenvalue weighted by molar-refractivity contribution is 8.00. The van der Waals surface area contributed by atoms with Gasteiger partial charge in [-0.15, -0.1) is 0 Å². The first-order valence-electron chi connectivity index (χ1n) is 18.2. The van der Waals surface area contributed by atoms with Crippen molar-refractivity contribution in [1.82, 2.24) is 21.3 Å². The zero-order chi connectivity index (χ0) is 37.5. The molecule has 3 unspecified atom stereocenters. The molecule has 3 atom stereocenters. The molecule has 14 heteroatoms. The Morgan fingerprint density at radius 1 is 0.962 bits per heavy atom. The fourth-order valence-corrected chi connectivity index (χ4v) is 7.87. The van der Waals surface area contributed by atoms with Crippen LogP contribution in [0.1, 0.15) is 82.8 Å². The molecule has 2 aromatic rings. The van der Waals surface area contributed by atoms with E-state index in [4.69, 9.17) is 15.9 Å². The SMILES string of the molecule is CCN(CC)c1ccc(/C=C(\CCCCNC(=O)CCCCNC(=O)CCCC2SCC3NC(=O)NC32)C(=O)Oc2ccc(C(=N)N)cc2)c(O)c1. The summed E-state index contributed by atoms with van der Waals surface area (Å²) in [5, 5.41) is 30.5. The summed E-state index contributed by atoms with van der Waals surface area (Å²) in [5.74, 6) is 0.581. The van der Waals surface area contributed by atoms with Crippen LogP contribution in [0.5, 0.6) is 11.5 Å². The number of benzene rings is 2. The molecule has 2 heterocycles. The van der Waals surface area contributed by atoms with Gasteiger partial charge in [0, 0.05) is 78.5 Å². The largest absolute Gasteiger partial charge is 0.507 e. The van der Waals surface area contributed by atoms with Gasteiger partial charge >= 0.3 is 12.0 Å². The Bertz CT molecular complexity index is 1580. The second kappa shape index (κ2) is 20.4. The molecular formula is C38H53N7O6S. The summed E-state index contributed by atoms with van der Waals surface area (Å²) in [6.45, 7) is 6.65. The van der Waals surface area contributed by atoms with Crippen LogP contribution >= 0.6 is 11.8 Å². The van der Waals surface area contributed by atoms with Gasteiger partial charge in [-0.25, -0.2) is 9.59 Å². The fourth-order valence-electron chi connectivity index (χ4n) is 6.33. The Morgan fingerprint density at radius 2 is 1.62 bits per heavy atom. The first-order valence-corrected chi connectivity index (χ1v) is 19.3. The minimum absolute atomic E-state index is 0.00706. The van der Waals surface area contributed by atoms with Gasteiger partial charge < -0.3 is 41.7 Å². The van der Waals surface area contributed by atoms with Crippen molar-refractivity contribution in [3.05, 3.63) is 59.2 Å². The maximum absolute atomic E-state index is 13.3. The van der Waals surface area contributed by atoms with Crippen molar-refractivity contribution >= 4 is 53.2 Å². The average molecular weight is 736 g/mol. The van der Waals surface area contributed by atoms with E-state index in [-0.39, 0.29) is 41.5 Å². The number of nitrogens with one attached hydrogen (secondary N) is 5. The third-order valence-electron chi connectivity index (χ3n) is 9.29. The molecule has 0 saturated carbocycles. The van der Waals surface area contributed by atoms with Gasteiger partial charge in [-0.05, 0) is 101 Å². The highest BCUT2D eigenvalue weighted by Crippen LogP contribution is 2.33. The molecule has 2 aromatic carbocycles. The van der Waals surface area contributed by atoms with Gasteiger partial charge in [0.05, 0.1) is 12.1 Å². The van der Waals surface area contributed by atoms with Crippen LogP contribution in [0.15, 0.2) is 48.0 Å². The molecule has 2 saturated heterocycles. The standard InChI is InChI=1S/C38H53N7O6S/c1-3-45(4-2)28-17-14-26(31(46)23-28)22-27(37(49)51-29-18-15-25(16-19-29)36(39)40)10-5-7-20-41-33(47)12-6-8-21-42-34(48)13-9-11-32-35-30(24-52-32)43-38(50)44-35/h14-19,22-23,30,32,35,46H,3-13,20-21,24H2,1-2H3,(H3,39,40)(H,41,47)(H,42,48)(H2,43,44,50)/b27-22+. The molecule has 0 aromatic heterocycles. The Morgan fingerprint density at radius 3 is 2.25 bits per heavy atom. The van der Waals surface area contributed by atoms with Gasteiger partial charge in [-0.3, -0.25) is 15.0 Å². The third kappa shape index (κ3) is 12.2. The van der Waals surface area contributed by atoms with E-state index in [1.54, 1.807) is 42.5 Å². The van der Waals surface area contributed by atoms with Gasteiger partial charge in [-0.1, -0.05) is 0 Å². The van der Waals surface area contributed by atoms with E-state index in [0.717, 1.165) is 37.4 Å². The number of phenolic OH excluding ortho intramolecular Hbond substituents is 1. The summed E-state index contributed by atoms with van der Waals surface area (Å²) in [4.78, 5) is 51.6. The molecular weight excluding hydrogens is 683 g/mol. The second-order valence-electron chi connectivity index (χ2n) is 13.0. The van der Waals surface area contributed by atoms with Crippen LogP contribution in [-0.2, 0) is 14.4 Å². The number of carbonyl (C=O) groups is 4. The number of aromatic hydroxyl groups is 1. The van der Waals surface area contributed by atoms with E-state index < -0.39 is 5.97 Å². The summed E-state index contributed by atoms with van der Waals surface area (Å²) >= 11 is 1.84. The molecule has 8 N–H and O–H groups in total. The maximum atomic E-state index is 13.3. The first kappa shape index (κ1) is 40.1. The average Bonchev–Trinajstić information content (AvgIpc) is 3.68. The van der Waals surface area contributed by atoms with Crippen LogP contribution < -0.4 is 36.6 Å². The number of amides is 4. The quantitative estimate of drug-likeness (QED) is 0.0185. The van der Waals surface area contributed by atoms with Crippen molar-refractivity contribution in [2.24, 2.45) is 5.73 Å². The van der Waals surface area contributed by atoms with Gasteiger partial charge in [0.15, 0.2) is 0 Å². The van der Waals surface area contributed by atoms with Crippen LogP contribution in [0.3, 0.4) is 0 Å². The lowest BCUT2D eigenvalue weighted by molar-refractivity contribution is -0.130. The van der Waals surface area contributed by atoms with Gasteiger partial charge in [0.1, 0.15) is 17.3 Å². The number of esters is 1. The molecule has 52 heavy (non-hydrogen) atoms. The summed E-state index contributed by atoms with van der Waals surface area (Å²) in [7, 11) is 0. The number of thioether (sulfide) groups is 1. The monoisotopic (exact) mass is 735 g/mol. The van der Waals surface area contributed by atoms with E-state index in [1.165, 1.54) is 0 Å². The number of unbranched alkanes of at least 4 members (excludes halogenated alkanes) is 2. The third-order valence-corrected chi connectivity index (χ3v) is 10.8. The molecule has 0 radical (unpaired) electrons. The lowest BCUT2D eigenvalue weighted by Gasteiger charge is -2.21. The topological polar surface area (TPSA) is 199 Å². The van der Waals surface area contributed by atoms with Crippen molar-refractivity contribution in [2.75, 3.05) is 36.8 Å². The number of rotatable bonds is 21. The summed E-state index contributed by atoms with van der Waals surface area (Å²) in [6, 6.07) is 12.0. The molecule has 4 amide bonds. The molecule has 4 rings (SSSR count). The van der Waals surface area contributed by atoms with E-state index in [2.05, 4.69) is 26.2 Å². The molecule has 0 bridgehead atoms. The smallest absolute Gasteiger partial charge is 0.339 e. The van der Waals surface area contributed by atoms with Gasteiger partial charge in [0.25, 0.3) is 0 Å². The zero-order valence-electron chi connectivity index (χ0n) is 30.2. The lowest BCUT2D eigenvalue weighted by Crippen LogP contribution is -2.37. The van der Waals surface area contributed by atoms with Crippen molar-refractivity contribution < 1.29 is 29.0 Å². The predicted molar refractivity (Wildman–Crippen MR) is 206 cm³/mol. The van der Waals surface area contributed by atoms with Gasteiger partial charge in [0.2, 0.25) is 11.8 Å². The zero-order valence-corrected chi connectivity index (χ0v) is 31.0. The maximum Gasteiger partial charge on any atom is 0.339 e. The summed E-state index contributed by atoms with van der Waals surface area (Å²) in [6.07, 6.45) is 7.06. The van der Waals surface area contributed by atoms with Crippen molar-refractivity contribution in [3.63, 3.8) is 0 Å². The highest BCUT2D eigenvalue weighted by Gasteiger charge is 2.42. The van der Waals surface area contributed by atoms with E-state index in [0.29, 0.717) is 85.7 Å². The number of hydrogen-bond donors (Lipinski definition) is 7. The van der Waals surface area contributed by atoms with Crippen molar-refractivity contribution in [1.29, 1.82) is 5.41 Å². The van der Waals surface area contributed by atoms with Crippen LogP contribution in [0.25, 0.3) is 6.08 Å². The second-order valence-corrected chi connectivity index (χ2v) is 14.3. The van der Waals surface area contributed by atoms with Crippen LogP contribution in [0.2, 0.25) is 0 Å². The molecule has 2 aliphatic heterocycles. The number of nitrogens with two attached hydrogens (primary N) is 1. The number of hydrogen-bond acceptors (Lipinski definition) is 9. The van der Waals surface area contributed by atoms with Crippen molar-refractivity contribution in [2.45, 2.75) is 89.0 Å². The number of ether oxygens (including phenoxy) is 1. The number of fused-ring (bicyclic) bond motifs is 1. The highest BCUT2D eigenvalue weighted by atomic mass is 32.2. The van der Waals surface area contributed by atoms with E-state index in [1.807, 2.05) is 31.7 Å². The van der Waals surface area contributed by atoms with Crippen LogP contribution in [-0.4, -0.2) is 84.0 Å². The fraction of sp³-hybridized carbons (Fsp3) is 0.500. The summed E-state index contributed by atoms with van der Waals surface area (Å²) < 4.78 is 5.63. The number of nitrogens with zero attached hydrogens (tertiary/aromatic N) is 1. The molecule has 0 aliphatic carbocycles. The van der Waals surface area contributed by atoms with Gasteiger partial charge in [-0.2, -0.15) is 11.8 Å². The Balaban J connectivity index is 1.16. The minimum Gasteiger partial charge on any atom is -0.507 e.